The third kappa shape index (κ3) is 2.35. The zero-order valence-corrected chi connectivity index (χ0v) is 7.21. The summed E-state index contributed by atoms with van der Waals surface area (Å²) < 4.78 is 0. The van der Waals surface area contributed by atoms with E-state index in [1.54, 1.807) is 0 Å². The van der Waals surface area contributed by atoms with Crippen LogP contribution in [0.1, 0.15) is 22.8 Å². The summed E-state index contributed by atoms with van der Waals surface area (Å²) in [6.07, 6.45) is 1.74. The van der Waals surface area contributed by atoms with Crippen LogP contribution in [-0.4, -0.2) is 6.29 Å². The maximum absolute atomic E-state index is 10.3. The van der Waals surface area contributed by atoms with Crippen molar-refractivity contribution in [1.82, 2.24) is 0 Å². The minimum atomic E-state index is 0.723. The molecule has 0 aromatic heterocycles. The van der Waals surface area contributed by atoms with E-state index in [4.69, 9.17) is 0 Å². The average Bonchev–Trinajstić information content (AvgIpc) is 2.05. The highest BCUT2D eigenvalue weighted by atomic mass is 16.1. The van der Waals surface area contributed by atoms with Crippen LogP contribution >= 0.6 is 0 Å². The van der Waals surface area contributed by atoms with Gasteiger partial charge in [0.05, 0.1) is 0 Å². The average molecular weight is 160 g/mol. The van der Waals surface area contributed by atoms with E-state index < -0.39 is 0 Å². The molecule has 1 nitrogen and oxygen atoms in total. The zero-order chi connectivity index (χ0) is 8.97. The molecule has 0 amide bonds. The van der Waals surface area contributed by atoms with Gasteiger partial charge >= 0.3 is 0 Å². The Morgan fingerprint density at radius 2 is 2.00 bits per heavy atom. The second-order valence-electron chi connectivity index (χ2n) is 2.99. The minimum Gasteiger partial charge on any atom is -0.298 e. The highest BCUT2D eigenvalue weighted by Gasteiger charge is 1.93. The van der Waals surface area contributed by atoms with E-state index in [0.717, 1.165) is 23.8 Å². The normalized spacial score (nSPS) is 9.42. The fourth-order valence-electron chi connectivity index (χ4n) is 1.06. The van der Waals surface area contributed by atoms with Crippen molar-refractivity contribution in [2.45, 2.75) is 13.3 Å². The molecular formula is C11H12O. The molecule has 0 spiro atoms. The van der Waals surface area contributed by atoms with Gasteiger partial charge in [-0.05, 0) is 18.9 Å². The van der Waals surface area contributed by atoms with Gasteiger partial charge < -0.3 is 0 Å². The fraction of sp³-hybridized carbons (Fsp3) is 0.182. The van der Waals surface area contributed by atoms with Gasteiger partial charge in [-0.3, -0.25) is 4.79 Å². The summed E-state index contributed by atoms with van der Waals surface area (Å²) in [5.74, 6) is 0. The lowest BCUT2D eigenvalue weighted by atomic mass is 10.1. The molecule has 0 saturated heterocycles. The molecule has 0 unspecified atom stereocenters. The highest BCUT2D eigenvalue weighted by molar-refractivity contribution is 5.74. The maximum Gasteiger partial charge on any atom is 0.150 e. The minimum absolute atomic E-state index is 0.723. The molecule has 1 heteroatoms. The molecule has 0 aliphatic rings. The summed E-state index contributed by atoms with van der Waals surface area (Å²) in [5, 5.41) is 0. The first-order chi connectivity index (χ1) is 5.72. The van der Waals surface area contributed by atoms with E-state index in [-0.39, 0.29) is 0 Å². The van der Waals surface area contributed by atoms with Crippen molar-refractivity contribution in [2.75, 3.05) is 0 Å². The van der Waals surface area contributed by atoms with Gasteiger partial charge in [-0.2, -0.15) is 0 Å². The van der Waals surface area contributed by atoms with Crippen molar-refractivity contribution in [3.63, 3.8) is 0 Å². The predicted molar refractivity (Wildman–Crippen MR) is 50.3 cm³/mol. The molecule has 12 heavy (non-hydrogen) atoms. The molecule has 0 fully saturated rings. The van der Waals surface area contributed by atoms with Crippen LogP contribution in [0.4, 0.5) is 0 Å². The van der Waals surface area contributed by atoms with Gasteiger partial charge in [-0.1, -0.05) is 36.4 Å². The maximum atomic E-state index is 10.3. The Balaban J connectivity index is 2.77. The van der Waals surface area contributed by atoms with E-state index in [9.17, 15) is 4.79 Å². The molecule has 1 aromatic rings. The smallest absolute Gasteiger partial charge is 0.150 e. The van der Waals surface area contributed by atoms with Gasteiger partial charge in [-0.25, -0.2) is 0 Å². The van der Waals surface area contributed by atoms with Gasteiger partial charge in [0.15, 0.2) is 0 Å². The Morgan fingerprint density at radius 1 is 1.42 bits per heavy atom. The summed E-state index contributed by atoms with van der Waals surface area (Å²) in [6, 6.07) is 7.56. The van der Waals surface area contributed by atoms with Crippen molar-refractivity contribution < 1.29 is 4.79 Å². The summed E-state index contributed by atoms with van der Waals surface area (Å²) in [7, 11) is 0. The lowest BCUT2D eigenvalue weighted by Crippen LogP contribution is -1.86. The van der Waals surface area contributed by atoms with Crippen LogP contribution in [-0.2, 0) is 6.42 Å². The topological polar surface area (TPSA) is 17.1 Å². The first-order valence-corrected chi connectivity index (χ1v) is 3.91. The SMILES string of the molecule is C=C(C)Cc1ccc(C=O)cc1. The van der Waals surface area contributed by atoms with Crippen molar-refractivity contribution in [2.24, 2.45) is 0 Å². The van der Waals surface area contributed by atoms with E-state index in [1.807, 2.05) is 31.2 Å². The Hall–Kier alpha value is -1.37. The Kier molecular flexibility index (Phi) is 2.81. The van der Waals surface area contributed by atoms with Crippen LogP contribution in [0, 0.1) is 0 Å². The molecule has 62 valence electrons. The van der Waals surface area contributed by atoms with Gasteiger partial charge in [0, 0.05) is 5.56 Å². The first-order valence-electron chi connectivity index (χ1n) is 3.91. The number of aldehydes is 1. The molecule has 0 N–H and O–H groups in total. The van der Waals surface area contributed by atoms with Crippen LogP contribution in [0.3, 0.4) is 0 Å². The number of carbonyl (C=O) groups is 1. The molecule has 1 rings (SSSR count). The van der Waals surface area contributed by atoms with E-state index in [2.05, 4.69) is 6.58 Å². The van der Waals surface area contributed by atoms with Crippen LogP contribution in [0.5, 0.6) is 0 Å². The summed E-state index contributed by atoms with van der Waals surface area (Å²) in [5.41, 5.74) is 3.06. The fourth-order valence-corrected chi connectivity index (χ4v) is 1.06. The monoisotopic (exact) mass is 160 g/mol. The van der Waals surface area contributed by atoms with Gasteiger partial charge in [0.25, 0.3) is 0 Å². The van der Waals surface area contributed by atoms with Crippen molar-refractivity contribution in [3.8, 4) is 0 Å². The van der Waals surface area contributed by atoms with Gasteiger partial charge in [0.2, 0.25) is 0 Å². The third-order valence-corrected chi connectivity index (χ3v) is 1.62. The van der Waals surface area contributed by atoms with E-state index in [0.29, 0.717) is 0 Å². The number of rotatable bonds is 3. The summed E-state index contributed by atoms with van der Waals surface area (Å²) in [4.78, 5) is 10.3. The predicted octanol–water partition coefficient (Wildman–Crippen LogP) is 2.62. The Morgan fingerprint density at radius 3 is 2.42 bits per heavy atom. The highest BCUT2D eigenvalue weighted by Crippen LogP contribution is 2.06. The van der Waals surface area contributed by atoms with Crippen molar-refractivity contribution in [3.05, 3.63) is 47.5 Å². The molecule has 0 atom stereocenters. The molecule has 0 aliphatic heterocycles. The molecule has 0 aliphatic carbocycles. The van der Waals surface area contributed by atoms with Crippen LogP contribution < -0.4 is 0 Å². The zero-order valence-electron chi connectivity index (χ0n) is 7.21. The number of allylic oxidation sites excluding steroid dienone is 1. The second-order valence-corrected chi connectivity index (χ2v) is 2.99. The van der Waals surface area contributed by atoms with Crippen molar-refractivity contribution >= 4 is 6.29 Å². The molecule has 0 saturated carbocycles. The van der Waals surface area contributed by atoms with Crippen LogP contribution in [0.15, 0.2) is 36.4 Å². The van der Waals surface area contributed by atoms with Gasteiger partial charge in [0.1, 0.15) is 6.29 Å². The summed E-state index contributed by atoms with van der Waals surface area (Å²) in [6.45, 7) is 5.82. The number of hydrogen-bond acceptors (Lipinski definition) is 1. The Bertz CT molecular complexity index is 282. The van der Waals surface area contributed by atoms with Crippen molar-refractivity contribution in [1.29, 1.82) is 0 Å². The molecule has 0 bridgehead atoms. The summed E-state index contributed by atoms with van der Waals surface area (Å²) >= 11 is 0. The Labute approximate surface area is 72.7 Å². The quantitative estimate of drug-likeness (QED) is 0.490. The molecule has 0 heterocycles. The number of hydrogen-bond donors (Lipinski definition) is 0. The standard InChI is InChI=1S/C11H12O/c1-9(2)7-10-3-5-11(8-12)6-4-10/h3-6,8H,1,7H2,2H3. The molecule has 0 radical (unpaired) electrons. The second kappa shape index (κ2) is 3.86. The number of carbonyl (C=O) groups excluding carboxylic acids is 1. The van der Waals surface area contributed by atoms with E-state index >= 15 is 0 Å². The van der Waals surface area contributed by atoms with Crippen LogP contribution in [0.2, 0.25) is 0 Å². The van der Waals surface area contributed by atoms with E-state index in [1.165, 1.54) is 5.56 Å². The largest absolute Gasteiger partial charge is 0.298 e. The molecular weight excluding hydrogens is 148 g/mol. The van der Waals surface area contributed by atoms with Crippen LogP contribution in [0.25, 0.3) is 0 Å². The lowest BCUT2D eigenvalue weighted by molar-refractivity contribution is 0.112. The lowest BCUT2D eigenvalue weighted by Gasteiger charge is -1.99. The third-order valence-electron chi connectivity index (χ3n) is 1.62. The first kappa shape index (κ1) is 8.72. The molecule has 1 aromatic carbocycles. The number of benzene rings is 1. The van der Waals surface area contributed by atoms with Gasteiger partial charge in [-0.15, -0.1) is 0 Å².